The lowest BCUT2D eigenvalue weighted by Gasteiger charge is -2.08. The first kappa shape index (κ1) is 13.5. The second-order valence-electron chi connectivity index (χ2n) is 5.01. The van der Waals surface area contributed by atoms with Crippen molar-refractivity contribution >= 4 is 49.9 Å². The summed E-state index contributed by atoms with van der Waals surface area (Å²) in [5.74, 6) is 0. The van der Waals surface area contributed by atoms with Crippen LogP contribution >= 0.6 is 23.1 Å². The van der Waals surface area contributed by atoms with Crippen molar-refractivity contribution in [2.45, 2.75) is 4.90 Å². The van der Waals surface area contributed by atoms with Gasteiger partial charge >= 0.3 is 0 Å². The van der Waals surface area contributed by atoms with E-state index in [0.717, 1.165) is 33.4 Å². The Morgan fingerprint density at radius 3 is 2.82 bits per heavy atom. The van der Waals surface area contributed by atoms with Crippen LogP contribution in [0.5, 0.6) is 0 Å². The highest BCUT2D eigenvalue weighted by molar-refractivity contribution is 7.98. The molecule has 0 amide bonds. The van der Waals surface area contributed by atoms with Gasteiger partial charge in [-0.2, -0.15) is 0 Å². The summed E-state index contributed by atoms with van der Waals surface area (Å²) < 4.78 is 1.18. The predicted octanol–water partition coefficient (Wildman–Crippen LogP) is 4.82. The van der Waals surface area contributed by atoms with Crippen LogP contribution in [0, 0.1) is 0 Å². The Morgan fingerprint density at radius 2 is 1.95 bits per heavy atom. The summed E-state index contributed by atoms with van der Waals surface area (Å²) in [4.78, 5) is 10.3. The van der Waals surface area contributed by atoms with Gasteiger partial charge in [-0.15, -0.1) is 23.1 Å². The predicted molar refractivity (Wildman–Crippen MR) is 96.6 cm³/mol. The number of nitrogens with zero attached hydrogens (tertiary/aromatic N) is 2. The fraction of sp³-hybridized carbons (Fsp3) is 0.0588. The average Bonchev–Trinajstić information content (AvgIpc) is 3.02. The second-order valence-corrected chi connectivity index (χ2v) is 6.78. The normalized spacial score (nSPS) is 11.3. The van der Waals surface area contributed by atoms with Crippen molar-refractivity contribution in [2.75, 3.05) is 12.0 Å². The molecule has 2 aromatic carbocycles. The molecule has 2 N–H and O–H groups in total. The summed E-state index contributed by atoms with van der Waals surface area (Å²) in [5, 5.41) is 1.00. The average molecular weight is 323 g/mol. The third kappa shape index (κ3) is 2.23. The van der Waals surface area contributed by atoms with Crippen LogP contribution in [0.25, 0.3) is 32.4 Å². The SMILES string of the molecule is CSc1ccc2nc(-c3ccc4scnc4c3)cc(N)c2c1. The molecular weight excluding hydrogens is 310 g/mol. The first-order chi connectivity index (χ1) is 10.7. The standard InChI is InChI=1S/C17H13N3S2/c1-21-11-3-4-14-12(7-11)13(18)8-15(20-14)10-2-5-17-16(6-10)19-9-22-17/h2-9H,1H3,(H2,18,20). The summed E-state index contributed by atoms with van der Waals surface area (Å²) in [6.45, 7) is 0. The molecule has 0 aliphatic carbocycles. The molecule has 2 aromatic heterocycles. The quantitative estimate of drug-likeness (QED) is 0.538. The smallest absolute Gasteiger partial charge is 0.0818 e. The van der Waals surface area contributed by atoms with Crippen LogP contribution in [0.1, 0.15) is 0 Å². The number of thiazole rings is 1. The van der Waals surface area contributed by atoms with Crippen LogP contribution < -0.4 is 5.73 Å². The summed E-state index contributed by atoms with van der Waals surface area (Å²) in [7, 11) is 0. The number of pyridine rings is 1. The van der Waals surface area contributed by atoms with Crippen molar-refractivity contribution in [1.82, 2.24) is 9.97 Å². The van der Waals surface area contributed by atoms with E-state index in [1.165, 1.54) is 9.60 Å². The van der Waals surface area contributed by atoms with Gasteiger partial charge in [0.1, 0.15) is 0 Å². The van der Waals surface area contributed by atoms with E-state index in [2.05, 4.69) is 41.6 Å². The Balaban J connectivity index is 1.91. The molecule has 2 heterocycles. The monoisotopic (exact) mass is 323 g/mol. The number of benzene rings is 2. The van der Waals surface area contributed by atoms with Gasteiger partial charge in [-0.05, 0) is 42.7 Å². The van der Waals surface area contributed by atoms with Crippen LogP contribution in [0.15, 0.2) is 52.9 Å². The van der Waals surface area contributed by atoms with E-state index in [1.54, 1.807) is 23.1 Å². The third-order valence-electron chi connectivity index (χ3n) is 3.67. The van der Waals surface area contributed by atoms with Gasteiger partial charge in [-0.1, -0.05) is 6.07 Å². The zero-order chi connectivity index (χ0) is 15.1. The van der Waals surface area contributed by atoms with E-state index in [-0.39, 0.29) is 0 Å². The van der Waals surface area contributed by atoms with Gasteiger partial charge in [-0.25, -0.2) is 9.97 Å². The third-order valence-corrected chi connectivity index (χ3v) is 5.21. The number of nitrogens with two attached hydrogens (primary N) is 1. The molecule has 5 heteroatoms. The fourth-order valence-corrected chi connectivity index (χ4v) is 3.62. The summed E-state index contributed by atoms with van der Waals surface area (Å²) in [5.41, 5.74) is 12.7. The Morgan fingerprint density at radius 1 is 1.05 bits per heavy atom. The molecule has 0 saturated carbocycles. The zero-order valence-corrected chi connectivity index (χ0v) is 13.5. The van der Waals surface area contributed by atoms with E-state index in [4.69, 9.17) is 10.7 Å². The molecule has 3 nitrogen and oxygen atoms in total. The lowest BCUT2D eigenvalue weighted by molar-refractivity contribution is 1.38. The lowest BCUT2D eigenvalue weighted by Crippen LogP contribution is -1.93. The van der Waals surface area contributed by atoms with E-state index >= 15 is 0 Å². The fourth-order valence-electron chi connectivity index (χ4n) is 2.52. The Bertz CT molecular complexity index is 992. The molecule has 0 aliphatic rings. The molecule has 4 aromatic rings. The van der Waals surface area contributed by atoms with Gasteiger partial charge in [0.2, 0.25) is 0 Å². The van der Waals surface area contributed by atoms with E-state index in [9.17, 15) is 0 Å². The number of hydrogen-bond donors (Lipinski definition) is 1. The van der Waals surface area contributed by atoms with E-state index in [0.29, 0.717) is 0 Å². The van der Waals surface area contributed by atoms with Crippen LogP contribution in [-0.4, -0.2) is 16.2 Å². The molecule has 108 valence electrons. The molecule has 0 aliphatic heterocycles. The molecular formula is C17H13N3S2. The van der Waals surface area contributed by atoms with Gasteiger partial charge in [0.15, 0.2) is 0 Å². The summed E-state index contributed by atoms with van der Waals surface area (Å²) in [6.07, 6.45) is 2.06. The zero-order valence-electron chi connectivity index (χ0n) is 11.9. The molecule has 0 spiro atoms. The van der Waals surface area contributed by atoms with Crippen molar-refractivity contribution in [3.8, 4) is 11.3 Å². The number of rotatable bonds is 2. The largest absolute Gasteiger partial charge is 0.398 e. The molecule has 22 heavy (non-hydrogen) atoms. The minimum Gasteiger partial charge on any atom is -0.398 e. The van der Waals surface area contributed by atoms with E-state index < -0.39 is 0 Å². The number of hydrogen-bond acceptors (Lipinski definition) is 5. The highest BCUT2D eigenvalue weighted by Crippen LogP contribution is 2.31. The molecule has 0 radical (unpaired) electrons. The highest BCUT2D eigenvalue weighted by Gasteiger charge is 2.08. The molecule has 0 atom stereocenters. The highest BCUT2D eigenvalue weighted by atomic mass is 32.2. The number of nitrogen functional groups attached to an aromatic ring is 1. The maximum absolute atomic E-state index is 6.25. The topological polar surface area (TPSA) is 51.8 Å². The molecule has 4 rings (SSSR count). The number of aromatic nitrogens is 2. The molecule has 0 saturated heterocycles. The first-order valence-electron chi connectivity index (χ1n) is 6.82. The minimum atomic E-state index is 0.759. The number of thioether (sulfide) groups is 1. The summed E-state index contributed by atoms with van der Waals surface area (Å²) in [6, 6.07) is 14.4. The van der Waals surface area contributed by atoms with Gasteiger partial charge in [-0.3, -0.25) is 0 Å². The minimum absolute atomic E-state index is 0.759. The Hall–Kier alpha value is -2.11. The van der Waals surface area contributed by atoms with Crippen molar-refractivity contribution in [3.05, 3.63) is 48.0 Å². The molecule has 0 fully saturated rings. The van der Waals surface area contributed by atoms with Gasteiger partial charge in [0.25, 0.3) is 0 Å². The lowest BCUT2D eigenvalue weighted by atomic mass is 10.1. The number of anilines is 1. The molecule has 0 bridgehead atoms. The molecule has 0 unspecified atom stereocenters. The van der Waals surface area contributed by atoms with Crippen molar-refractivity contribution in [2.24, 2.45) is 0 Å². The van der Waals surface area contributed by atoms with Crippen molar-refractivity contribution in [1.29, 1.82) is 0 Å². The van der Waals surface area contributed by atoms with Crippen molar-refractivity contribution < 1.29 is 0 Å². The Kier molecular flexibility index (Phi) is 3.24. The first-order valence-corrected chi connectivity index (χ1v) is 8.93. The summed E-state index contributed by atoms with van der Waals surface area (Å²) >= 11 is 3.35. The second kappa shape index (κ2) is 5.26. The van der Waals surface area contributed by atoms with E-state index in [1.807, 2.05) is 17.6 Å². The van der Waals surface area contributed by atoms with Crippen LogP contribution in [0.4, 0.5) is 5.69 Å². The maximum atomic E-state index is 6.25. The Labute approximate surface area is 136 Å². The van der Waals surface area contributed by atoms with Crippen LogP contribution in [0.3, 0.4) is 0 Å². The van der Waals surface area contributed by atoms with Crippen LogP contribution in [-0.2, 0) is 0 Å². The van der Waals surface area contributed by atoms with Gasteiger partial charge in [0.05, 0.1) is 26.9 Å². The van der Waals surface area contributed by atoms with Gasteiger partial charge in [0, 0.05) is 21.5 Å². The number of fused-ring (bicyclic) bond motifs is 2. The van der Waals surface area contributed by atoms with Gasteiger partial charge < -0.3 is 5.73 Å². The maximum Gasteiger partial charge on any atom is 0.0818 e. The van der Waals surface area contributed by atoms with Crippen molar-refractivity contribution in [3.63, 3.8) is 0 Å². The van der Waals surface area contributed by atoms with Crippen LogP contribution in [0.2, 0.25) is 0 Å².